The van der Waals surface area contributed by atoms with Crippen molar-refractivity contribution in [3.05, 3.63) is 76.9 Å². The number of nitrogen functional groups attached to an aromatic ring is 1. The van der Waals surface area contributed by atoms with Crippen molar-refractivity contribution in [1.29, 1.82) is 0 Å². The first-order chi connectivity index (χ1) is 13.1. The Balaban J connectivity index is 0.00000225. The number of anilines is 1. The van der Waals surface area contributed by atoms with Gasteiger partial charge in [0.15, 0.2) is 5.69 Å². The molecule has 0 aliphatic heterocycles. The second-order valence-electron chi connectivity index (χ2n) is 6.81. The van der Waals surface area contributed by atoms with Gasteiger partial charge >= 0.3 is 0 Å². The van der Waals surface area contributed by atoms with Gasteiger partial charge in [-0.15, -0.1) is 17.5 Å². The van der Waals surface area contributed by atoms with E-state index < -0.39 is 0 Å². The van der Waals surface area contributed by atoms with Crippen molar-refractivity contribution in [3.8, 4) is 0 Å². The van der Waals surface area contributed by atoms with Gasteiger partial charge in [0.2, 0.25) is 0 Å². The monoisotopic (exact) mass is 401 g/mol. The molecule has 1 aromatic heterocycles. The van der Waals surface area contributed by atoms with E-state index in [9.17, 15) is 9.18 Å². The molecular weight excluding hydrogens is 381 g/mol. The number of nitrogens with two attached hydrogens (primary N) is 1. The van der Waals surface area contributed by atoms with Crippen LogP contribution in [-0.2, 0) is 13.0 Å². The lowest BCUT2D eigenvalue weighted by Crippen LogP contribution is -2.31. The second-order valence-corrected chi connectivity index (χ2v) is 6.81. The molecule has 1 unspecified atom stereocenters. The second kappa shape index (κ2) is 8.39. The normalized spacial score (nSPS) is 15.4. The third-order valence-corrected chi connectivity index (χ3v) is 4.79. The van der Waals surface area contributed by atoms with Crippen LogP contribution in [0.2, 0.25) is 0 Å². The Hall–Kier alpha value is -2.93. The molecule has 1 aliphatic carbocycles. The topological polar surface area (TPSA) is 85.8 Å². The van der Waals surface area contributed by atoms with Crippen molar-refractivity contribution in [1.82, 2.24) is 20.3 Å². The van der Waals surface area contributed by atoms with Gasteiger partial charge in [-0.1, -0.05) is 23.4 Å². The van der Waals surface area contributed by atoms with E-state index in [0.29, 0.717) is 6.54 Å². The third kappa shape index (κ3) is 4.31. The Morgan fingerprint density at radius 1 is 1.29 bits per heavy atom. The minimum absolute atomic E-state index is 0. The van der Waals surface area contributed by atoms with Gasteiger partial charge in [-0.25, -0.2) is 9.07 Å². The first-order valence-electron chi connectivity index (χ1n) is 8.92. The van der Waals surface area contributed by atoms with Gasteiger partial charge in [0.1, 0.15) is 5.82 Å². The average Bonchev–Trinajstić information content (AvgIpc) is 3.10. The number of nitrogens with one attached hydrogen (secondary N) is 1. The third-order valence-electron chi connectivity index (χ3n) is 4.79. The van der Waals surface area contributed by atoms with Crippen molar-refractivity contribution in [2.45, 2.75) is 31.8 Å². The molecule has 1 atom stereocenters. The maximum absolute atomic E-state index is 13.3. The molecule has 1 amide bonds. The summed E-state index contributed by atoms with van der Waals surface area (Å²) in [6.07, 6.45) is 4.41. The summed E-state index contributed by atoms with van der Waals surface area (Å²) in [4.78, 5) is 12.6. The first kappa shape index (κ1) is 19.8. The zero-order chi connectivity index (χ0) is 18.8. The number of hydrogen-bond donors (Lipinski definition) is 2. The Morgan fingerprint density at radius 2 is 2.14 bits per heavy atom. The van der Waals surface area contributed by atoms with E-state index >= 15 is 0 Å². The van der Waals surface area contributed by atoms with Crippen LogP contribution in [0.5, 0.6) is 0 Å². The molecule has 6 nitrogen and oxygen atoms in total. The number of amides is 1. The molecule has 28 heavy (non-hydrogen) atoms. The fourth-order valence-electron chi connectivity index (χ4n) is 3.52. The predicted octanol–water partition coefficient (Wildman–Crippen LogP) is 3.28. The largest absolute Gasteiger partial charge is 0.399 e. The summed E-state index contributed by atoms with van der Waals surface area (Å²) in [7, 11) is 0. The summed E-state index contributed by atoms with van der Waals surface area (Å²) in [5.41, 5.74) is 9.89. The molecule has 1 aliphatic rings. The van der Waals surface area contributed by atoms with E-state index in [1.807, 2.05) is 18.2 Å². The molecule has 146 valence electrons. The number of carbonyl (C=O) groups is 1. The van der Waals surface area contributed by atoms with Crippen LogP contribution in [0, 0.1) is 5.82 Å². The van der Waals surface area contributed by atoms with Crippen LogP contribution in [0.4, 0.5) is 10.1 Å². The minimum Gasteiger partial charge on any atom is -0.399 e. The number of carbonyl (C=O) groups excluding carboxylic acids is 1. The van der Waals surface area contributed by atoms with Crippen molar-refractivity contribution in [2.75, 3.05) is 5.73 Å². The average molecular weight is 402 g/mol. The van der Waals surface area contributed by atoms with Gasteiger partial charge in [-0.05, 0) is 60.2 Å². The predicted molar refractivity (Wildman–Crippen MR) is 107 cm³/mol. The number of rotatable bonds is 4. The van der Waals surface area contributed by atoms with Crippen molar-refractivity contribution in [2.24, 2.45) is 0 Å². The molecule has 0 saturated heterocycles. The lowest BCUT2D eigenvalue weighted by Gasteiger charge is -2.26. The minimum atomic E-state index is -0.304. The highest BCUT2D eigenvalue weighted by atomic mass is 35.5. The van der Waals surface area contributed by atoms with Crippen LogP contribution in [0.1, 0.15) is 46.1 Å². The Bertz CT molecular complexity index is 990. The maximum Gasteiger partial charge on any atom is 0.273 e. The SMILES string of the molecule is Cl.Nc1ccc2c(c1)CCCC2NC(=O)c1cn(Cc2cccc(F)c2)nn1. The summed E-state index contributed by atoms with van der Waals surface area (Å²) in [5, 5.41) is 11.0. The number of halogens is 2. The van der Waals surface area contributed by atoms with E-state index in [2.05, 4.69) is 15.6 Å². The van der Waals surface area contributed by atoms with E-state index in [1.165, 1.54) is 22.4 Å². The molecule has 0 fully saturated rings. The maximum atomic E-state index is 13.3. The highest BCUT2D eigenvalue weighted by molar-refractivity contribution is 5.92. The number of aromatic nitrogens is 3. The van der Waals surface area contributed by atoms with Gasteiger partial charge in [0.25, 0.3) is 5.91 Å². The lowest BCUT2D eigenvalue weighted by molar-refractivity contribution is 0.0927. The summed E-state index contributed by atoms with van der Waals surface area (Å²) in [6.45, 7) is 0.351. The first-order valence-corrected chi connectivity index (χ1v) is 8.92. The molecule has 4 rings (SSSR count). The van der Waals surface area contributed by atoms with Gasteiger partial charge < -0.3 is 11.1 Å². The van der Waals surface area contributed by atoms with Gasteiger partial charge in [0, 0.05) is 5.69 Å². The van der Waals surface area contributed by atoms with Gasteiger partial charge in [-0.3, -0.25) is 4.79 Å². The highest BCUT2D eigenvalue weighted by Crippen LogP contribution is 2.31. The van der Waals surface area contributed by atoms with Gasteiger partial charge in [-0.2, -0.15) is 0 Å². The highest BCUT2D eigenvalue weighted by Gasteiger charge is 2.23. The number of fused-ring (bicyclic) bond motifs is 1. The summed E-state index contributed by atoms with van der Waals surface area (Å²) in [6, 6.07) is 12.0. The van der Waals surface area contributed by atoms with E-state index in [0.717, 1.165) is 36.1 Å². The molecule has 0 saturated carbocycles. The fraction of sp³-hybridized carbons (Fsp3) is 0.250. The van der Waals surface area contributed by atoms with Crippen LogP contribution in [0.25, 0.3) is 0 Å². The molecule has 8 heteroatoms. The van der Waals surface area contributed by atoms with Crippen LogP contribution in [0.15, 0.2) is 48.7 Å². The summed E-state index contributed by atoms with van der Waals surface area (Å²) >= 11 is 0. The van der Waals surface area contributed by atoms with Crippen LogP contribution in [0.3, 0.4) is 0 Å². The van der Waals surface area contributed by atoms with Crippen LogP contribution in [-0.4, -0.2) is 20.9 Å². The van der Waals surface area contributed by atoms with Gasteiger partial charge in [0.05, 0.1) is 18.8 Å². The smallest absolute Gasteiger partial charge is 0.273 e. The number of hydrogen-bond acceptors (Lipinski definition) is 4. The summed E-state index contributed by atoms with van der Waals surface area (Å²) in [5.74, 6) is -0.572. The van der Waals surface area contributed by atoms with Crippen LogP contribution < -0.4 is 11.1 Å². The molecule has 0 spiro atoms. The summed E-state index contributed by atoms with van der Waals surface area (Å²) < 4.78 is 14.8. The molecule has 3 aromatic rings. The standard InChI is InChI=1S/C20H20FN5O.ClH/c21-15-5-1-3-13(9-15)11-26-12-19(24-25-26)20(27)23-18-6-2-4-14-10-16(22)7-8-17(14)18;/h1,3,5,7-10,12,18H,2,4,6,11,22H2,(H,23,27);1H. The van der Waals surface area contributed by atoms with E-state index in [-0.39, 0.29) is 35.9 Å². The lowest BCUT2D eigenvalue weighted by atomic mass is 9.87. The Kier molecular flexibility index (Phi) is 5.94. The van der Waals surface area contributed by atoms with E-state index in [4.69, 9.17) is 5.73 Å². The van der Waals surface area contributed by atoms with Crippen molar-refractivity contribution < 1.29 is 9.18 Å². The molecule has 2 aromatic carbocycles. The zero-order valence-electron chi connectivity index (χ0n) is 15.1. The van der Waals surface area contributed by atoms with Crippen molar-refractivity contribution >= 4 is 24.0 Å². The Labute approximate surface area is 168 Å². The Morgan fingerprint density at radius 3 is 2.96 bits per heavy atom. The van der Waals surface area contributed by atoms with E-state index in [1.54, 1.807) is 18.3 Å². The molecule has 0 radical (unpaired) electrons. The molecular formula is C20H21ClFN5O. The zero-order valence-corrected chi connectivity index (χ0v) is 16.0. The molecule has 0 bridgehead atoms. The molecule has 1 heterocycles. The fourth-order valence-corrected chi connectivity index (χ4v) is 3.52. The quantitative estimate of drug-likeness (QED) is 0.657. The van der Waals surface area contributed by atoms with Crippen molar-refractivity contribution in [3.63, 3.8) is 0 Å². The number of nitrogens with zero attached hydrogens (tertiary/aromatic N) is 3. The number of benzene rings is 2. The van der Waals surface area contributed by atoms with Crippen LogP contribution >= 0.6 is 12.4 Å². The number of aryl methyl sites for hydroxylation is 1. The molecule has 3 N–H and O–H groups in total.